The maximum Gasteiger partial charge on any atom is 0.271 e. The predicted octanol–water partition coefficient (Wildman–Crippen LogP) is 4.58. The normalized spacial score (nSPS) is 10.8. The standard InChI is InChI=1S/C20H17ClN2O3/c1-14-11-17(8-9-19(14)21)26-13-15-4-6-16(7-5-15)20(24)23-22-12-18-3-2-10-25-18/h2-12H,13H2,1H3,(H,23,24). The minimum atomic E-state index is -0.298. The van der Waals surface area contributed by atoms with Crippen LogP contribution in [0.3, 0.4) is 0 Å². The molecule has 0 unspecified atom stereocenters. The first-order chi connectivity index (χ1) is 12.6. The summed E-state index contributed by atoms with van der Waals surface area (Å²) < 4.78 is 10.8. The molecule has 1 aromatic heterocycles. The molecular weight excluding hydrogens is 352 g/mol. The summed E-state index contributed by atoms with van der Waals surface area (Å²) in [6.07, 6.45) is 2.98. The Bertz CT molecular complexity index is 903. The summed E-state index contributed by atoms with van der Waals surface area (Å²) in [6.45, 7) is 2.33. The summed E-state index contributed by atoms with van der Waals surface area (Å²) in [5.74, 6) is 1.02. The van der Waals surface area contributed by atoms with Gasteiger partial charge in [-0.3, -0.25) is 4.79 Å². The second kappa shape index (κ2) is 8.36. The summed E-state index contributed by atoms with van der Waals surface area (Å²) in [6, 6.07) is 16.1. The lowest BCUT2D eigenvalue weighted by molar-refractivity contribution is 0.0955. The highest BCUT2D eigenvalue weighted by atomic mass is 35.5. The van der Waals surface area contributed by atoms with E-state index in [1.54, 1.807) is 24.3 Å². The highest BCUT2D eigenvalue weighted by molar-refractivity contribution is 6.31. The predicted molar refractivity (Wildman–Crippen MR) is 101 cm³/mol. The third-order valence-corrected chi connectivity index (χ3v) is 4.08. The van der Waals surface area contributed by atoms with Gasteiger partial charge in [-0.15, -0.1) is 0 Å². The van der Waals surface area contributed by atoms with Gasteiger partial charge in [0.2, 0.25) is 0 Å². The molecule has 0 bridgehead atoms. The minimum Gasteiger partial charge on any atom is -0.489 e. The fourth-order valence-corrected chi connectivity index (χ4v) is 2.33. The minimum absolute atomic E-state index is 0.298. The number of hydrazone groups is 1. The number of halogens is 1. The van der Waals surface area contributed by atoms with Gasteiger partial charge >= 0.3 is 0 Å². The van der Waals surface area contributed by atoms with Gasteiger partial charge in [0.25, 0.3) is 5.91 Å². The van der Waals surface area contributed by atoms with Gasteiger partial charge < -0.3 is 9.15 Å². The third-order valence-electron chi connectivity index (χ3n) is 3.65. The highest BCUT2D eigenvalue weighted by Crippen LogP contribution is 2.21. The van der Waals surface area contributed by atoms with Crippen molar-refractivity contribution in [1.82, 2.24) is 5.43 Å². The number of carbonyl (C=O) groups excluding carboxylic acids is 1. The van der Waals surface area contributed by atoms with Gasteiger partial charge in [-0.05, 0) is 60.5 Å². The topological polar surface area (TPSA) is 63.8 Å². The molecule has 0 atom stereocenters. The van der Waals surface area contributed by atoms with Crippen LogP contribution in [0.25, 0.3) is 0 Å². The van der Waals surface area contributed by atoms with E-state index in [0.717, 1.165) is 16.9 Å². The summed E-state index contributed by atoms with van der Waals surface area (Å²) in [5.41, 5.74) is 4.88. The van der Waals surface area contributed by atoms with E-state index in [1.165, 1.54) is 12.5 Å². The Kier molecular flexibility index (Phi) is 5.71. The molecule has 1 heterocycles. The molecule has 0 aliphatic carbocycles. The van der Waals surface area contributed by atoms with E-state index >= 15 is 0 Å². The van der Waals surface area contributed by atoms with Crippen molar-refractivity contribution in [3.8, 4) is 5.75 Å². The Hall–Kier alpha value is -3.05. The molecule has 2 aromatic carbocycles. The first kappa shape index (κ1) is 17.8. The molecule has 0 aliphatic rings. The summed E-state index contributed by atoms with van der Waals surface area (Å²) in [4.78, 5) is 12.0. The van der Waals surface area contributed by atoms with Crippen molar-refractivity contribution in [2.45, 2.75) is 13.5 Å². The Morgan fingerprint density at radius 1 is 1.23 bits per heavy atom. The van der Waals surface area contributed by atoms with Gasteiger partial charge in [-0.2, -0.15) is 5.10 Å². The second-order valence-corrected chi connectivity index (χ2v) is 6.02. The molecule has 3 rings (SSSR count). The van der Waals surface area contributed by atoms with Crippen LogP contribution in [0, 0.1) is 6.92 Å². The number of ether oxygens (including phenoxy) is 1. The number of furan rings is 1. The fraction of sp³-hybridized carbons (Fsp3) is 0.100. The highest BCUT2D eigenvalue weighted by Gasteiger charge is 2.05. The number of aryl methyl sites for hydroxylation is 1. The average Bonchev–Trinajstić information content (AvgIpc) is 3.16. The van der Waals surface area contributed by atoms with Gasteiger partial charge in [-0.1, -0.05) is 23.7 Å². The van der Waals surface area contributed by atoms with Gasteiger partial charge in [0, 0.05) is 10.6 Å². The average molecular weight is 369 g/mol. The van der Waals surface area contributed by atoms with E-state index < -0.39 is 0 Å². The molecule has 1 N–H and O–H groups in total. The van der Waals surface area contributed by atoms with Crippen molar-refractivity contribution >= 4 is 23.7 Å². The van der Waals surface area contributed by atoms with Crippen molar-refractivity contribution < 1.29 is 13.9 Å². The zero-order valence-electron chi connectivity index (χ0n) is 14.1. The lowest BCUT2D eigenvalue weighted by Gasteiger charge is -2.08. The molecule has 0 spiro atoms. The van der Waals surface area contributed by atoms with Crippen LogP contribution in [0.1, 0.15) is 27.2 Å². The van der Waals surface area contributed by atoms with Crippen molar-refractivity contribution in [1.29, 1.82) is 0 Å². The molecule has 132 valence electrons. The van der Waals surface area contributed by atoms with Crippen molar-refractivity contribution in [3.63, 3.8) is 0 Å². The summed E-state index contributed by atoms with van der Waals surface area (Å²) in [5, 5.41) is 4.56. The number of nitrogens with one attached hydrogen (secondary N) is 1. The molecule has 1 amide bonds. The van der Waals surface area contributed by atoms with Crippen molar-refractivity contribution in [2.24, 2.45) is 5.10 Å². The molecule has 0 aliphatic heterocycles. The summed E-state index contributed by atoms with van der Waals surface area (Å²) >= 11 is 6.00. The van der Waals surface area contributed by atoms with Gasteiger partial charge in [0.1, 0.15) is 18.1 Å². The smallest absolute Gasteiger partial charge is 0.271 e. The van der Waals surface area contributed by atoms with E-state index in [0.29, 0.717) is 23.0 Å². The number of nitrogens with zero attached hydrogens (tertiary/aromatic N) is 1. The lowest BCUT2D eigenvalue weighted by Crippen LogP contribution is -2.17. The number of rotatable bonds is 6. The van der Waals surface area contributed by atoms with E-state index in [1.807, 2.05) is 37.3 Å². The lowest BCUT2D eigenvalue weighted by atomic mass is 10.1. The molecule has 5 nitrogen and oxygen atoms in total. The van der Waals surface area contributed by atoms with Gasteiger partial charge in [0.05, 0.1) is 12.5 Å². The quantitative estimate of drug-likeness (QED) is 0.511. The van der Waals surface area contributed by atoms with Crippen LogP contribution in [0.4, 0.5) is 0 Å². The van der Waals surface area contributed by atoms with Crippen LogP contribution < -0.4 is 10.2 Å². The van der Waals surface area contributed by atoms with Crippen LogP contribution in [-0.4, -0.2) is 12.1 Å². The Labute approximate surface area is 156 Å². The van der Waals surface area contributed by atoms with E-state index in [2.05, 4.69) is 10.5 Å². The van der Waals surface area contributed by atoms with Crippen LogP contribution in [-0.2, 0) is 6.61 Å². The van der Waals surface area contributed by atoms with Gasteiger partial charge in [0.15, 0.2) is 0 Å². The monoisotopic (exact) mass is 368 g/mol. The first-order valence-corrected chi connectivity index (χ1v) is 8.34. The fourth-order valence-electron chi connectivity index (χ4n) is 2.21. The van der Waals surface area contributed by atoms with Gasteiger partial charge in [-0.25, -0.2) is 5.43 Å². The maximum absolute atomic E-state index is 12.0. The summed E-state index contributed by atoms with van der Waals surface area (Å²) in [7, 11) is 0. The van der Waals surface area contributed by atoms with Crippen LogP contribution in [0.2, 0.25) is 5.02 Å². The number of benzene rings is 2. The van der Waals surface area contributed by atoms with E-state index in [4.69, 9.17) is 20.8 Å². The van der Waals surface area contributed by atoms with Crippen LogP contribution in [0.5, 0.6) is 5.75 Å². The largest absolute Gasteiger partial charge is 0.489 e. The zero-order valence-corrected chi connectivity index (χ0v) is 14.9. The number of amides is 1. The maximum atomic E-state index is 12.0. The molecule has 0 fully saturated rings. The SMILES string of the molecule is Cc1cc(OCc2ccc(C(=O)NN=Cc3ccco3)cc2)ccc1Cl. The van der Waals surface area contributed by atoms with E-state index in [9.17, 15) is 4.79 Å². The zero-order chi connectivity index (χ0) is 18.4. The first-order valence-electron chi connectivity index (χ1n) is 7.96. The molecular formula is C20H17ClN2O3. The molecule has 6 heteroatoms. The molecule has 0 radical (unpaired) electrons. The van der Waals surface area contributed by atoms with E-state index in [-0.39, 0.29) is 5.91 Å². The number of carbonyl (C=O) groups is 1. The molecule has 3 aromatic rings. The number of hydrogen-bond donors (Lipinski definition) is 1. The Morgan fingerprint density at radius 3 is 2.73 bits per heavy atom. The Morgan fingerprint density at radius 2 is 2.04 bits per heavy atom. The van der Waals surface area contributed by atoms with Crippen LogP contribution in [0.15, 0.2) is 70.4 Å². The number of hydrogen-bond acceptors (Lipinski definition) is 4. The van der Waals surface area contributed by atoms with Crippen molar-refractivity contribution in [2.75, 3.05) is 0 Å². The molecule has 26 heavy (non-hydrogen) atoms. The van der Waals surface area contributed by atoms with Crippen molar-refractivity contribution in [3.05, 3.63) is 88.3 Å². The molecule has 0 saturated carbocycles. The third kappa shape index (κ3) is 4.74. The second-order valence-electron chi connectivity index (χ2n) is 5.61. The van der Waals surface area contributed by atoms with Crippen LogP contribution >= 0.6 is 11.6 Å². The Balaban J connectivity index is 1.54. The molecule has 0 saturated heterocycles.